The first-order chi connectivity index (χ1) is 9.21. The van der Waals surface area contributed by atoms with Gasteiger partial charge in [0.25, 0.3) is 0 Å². The second kappa shape index (κ2) is 6.71. The molecule has 1 unspecified atom stereocenters. The fourth-order valence-electron chi connectivity index (χ4n) is 1.49. The molecule has 0 radical (unpaired) electrons. The summed E-state index contributed by atoms with van der Waals surface area (Å²) in [6.07, 6.45) is -0.615. The summed E-state index contributed by atoms with van der Waals surface area (Å²) < 4.78 is 19.3. The van der Waals surface area contributed by atoms with Crippen LogP contribution in [0.4, 0.5) is 9.18 Å². The molecule has 1 atom stereocenters. The second-order valence-electron chi connectivity index (χ2n) is 5.27. The van der Waals surface area contributed by atoms with Gasteiger partial charge >= 0.3 is 6.09 Å². The summed E-state index contributed by atoms with van der Waals surface area (Å²) in [4.78, 5) is 11.6. The molecule has 0 spiro atoms. The first-order valence-corrected chi connectivity index (χ1v) is 6.83. The fraction of sp³-hybridized carbons (Fsp3) is 0.429. The molecule has 1 aromatic rings. The Morgan fingerprint density at radius 1 is 1.55 bits per heavy atom. The maximum Gasteiger partial charge on any atom is 0.408 e. The Hall–Kier alpha value is -1.61. The lowest BCUT2D eigenvalue weighted by molar-refractivity contribution is 0.0515. The average Bonchev–Trinajstić information content (AvgIpc) is 2.29. The molecule has 0 fully saturated rings. The largest absolute Gasteiger partial charge is 0.444 e. The zero-order valence-electron chi connectivity index (χ0n) is 11.5. The molecule has 0 saturated heterocycles. The topological polar surface area (TPSA) is 62.1 Å². The third-order valence-corrected chi connectivity index (χ3v) is 2.78. The van der Waals surface area contributed by atoms with Crippen LogP contribution in [-0.4, -0.2) is 17.7 Å². The highest BCUT2D eigenvalue weighted by Gasteiger charge is 2.20. The van der Waals surface area contributed by atoms with E-state index >= 15 is 0 Å². The Balaban J connectivity index is 2.69. The van der Waals surface area contributed by atoms with Crippen molar-refractivity contribution in [2.24, 2.45) is 0 Å². The van der Waals surface area contributed by atoms with E-state index in [4.69, 9.17) is 10.00 Å². The Bertz CT molecular complexity index is 535. The number of nitrogens with zero attached hydrogens (tertiary/aromatic N) is 1. The highest BCUT2D eigenvalue weighted by Crippen LogP contribution is 2.16. The van der Waals surface area contributed by atoms with E-state index in [9.17, 15) is 9.18 Å². The van der Waals surface area contributed by atoms with Crippen LogP contribution in [0.3, 0.4) is 0 Å². The van der Waals surface area contributed by atoms with Gasteiger partial charge in [-0.15, -0.1) is 0 Å². The van der Waals surface area contributed by atoms with Crippen LogP contribution in [0.25, 0.3) is 0 Å². The summed E-state index contributed by atoms with van der Waals surface area (Å²) in [5, 5.41) is 11.4. The Morgan fingerprint density at radius 3 is 2.70 bits per heavy atom. The number of nitriles is 1. The van der Waals surface area contributed by atoms with Gasteiger partial charge in [0.1, 0.15) is 17.5 Å². The number of halogens is 2. The van der Waals surface area contributed by atoms with E-state index in [0.29, 0.717) is 10.0 Å². The van der Waals surface area contributed by atoms with Gasteiger partial charge in [0.15, 0.2) is 0 Å². The number of nitrogens with one attached hydrogen (secondary N) is 1. The molecule has 20 heavy (non-hydrogen) atoms. The molecule has 6 heteroatoms. The minimum absolute atomic E-state index is 0.0782. The SMILES string of the molecule is CC(C)(C)OC(=O)NC(C#N)Cc1ccc(Br)cc1F. The molecule has 1 amide bonds. The van der Waals surface area contributed by atoms with Crippen LogP contribution < -0.4 is 5.32 Å². The first-order valence-electron chi connectivity index (χ1n) is 6.04. The molecular formula is C14H16BrFN2O2. The van der Waals surface area contributed by atoms with Crippen molar-refractivity contribution in [2.45, 2.75) is 38.8 Å². The highest BCUT2D eigenvalue weighted by molar-refractivity contribution is 9.10. The number of hydrogen-bond donors (Lipinski definition) is 1. The van der Waals surface area contributed by atoms with Crippen LogP contribution in [0.1, 0.15) is 26.3 Å². The molecular weight excluding hydrogens is 327 g/mol. The highest BCUT2D eigenvalue weighted by atomic mass is 79.9. The second-order valence-corrected chi connectivity index (χ2v) is 6.18. The van der Waals surface area contributed by atoms with Crippen molar-refractivity contribution in [1.29, 1.82) is 5.26 Å². The van der Waals surface area contributed by atoms with Crippen LogP contribution in [0.15, 0.2) is 22.7 Å². The van der Waals surface area contributed by atoms with Gasteiger partial charge < -0.3 is 10.1 Å². The van der Waals surface area contributed by atoms with E-state index in [1.165, 1.54) is 6.07 Å². The van der Waals surface area contributed by atoms with Gasteiger partial charge in [-0.2, -0.15) is 5.26 Å². The number of alkyl carbamates (subject to hydrolysis) is 1. The fourth-order valence-corrected chi connectivity index (χ4v) is 1.82. The minimum atomic E-state index is -0.847. The Kier molecular flexibility index (Phi) is 5.52. The van der Waals surface area contributed by atoms with Gasteiger partial charge in [0.2, 0.25) is 0 Å². The zero-order valence-corrected chi connectivity index (χ0v) is 13.1. The number of benzene rings is 1. The molecule has 4 nitrogen and oxygen atoms in total. The quantitative estimate of drug-likeness (QED) is 0.913. The number of ether oxygens (including phenoxy) is 1. The number of carbonyl (C=O) groups excluding carboxylic acids is 1. The number of carbonyl (C=O) groups is 1. The summed E-state index contributed by atoms with van der Waals surface area (Å²) in [7, 11) is 0. The van der Waals surface area contributed by atoms with E-state index in [-0.39, 0.29) is 6.42 Å². The molecule has 1 aromatic carbocycles. The molecule has 0 saturated carbocycles. The molecule has 0 aliphatic heterocycles. The number of amides is 1. The van der Waals surface area contributed by atoms with E-state index in [1.807, 2.05) is 6.07 Å². The van der Waals surface area contributed by atoms with Crippen LogP contribution >= 0.6 is 15.9 Å². The molecule has 0 aliphatic rings. The normalized spacial score (nSPS) is 12.4. The number of rotatable bonds is 3. The summed E-state index contributed by atoms with van der Waals surface area (Å²) in [6, 6.07) is 5.64. The molecule has 0 aliphatic carbocycles. The van der Waals surface area contributed by atoms with Gasteiger partial charge in [0, 0.05) is 10.9 Å². The molecule has 108 valence electrons. The van der Waals surface area contributed by atoms with E-state index in [2.05, 4.69) is 21.2 Å². The smallest absolute Gasteiger partial charge is 0.408 e. The summed E-state index contributed by atoms with van der Waals surface area (Å²) in [6.45, 7) is 5.17. The maximum absolute atomic E-state index is 13.7. The lowest BCUT2D eigenvalue weighted by Gasteiger charge is -2.21. The predicted molar refractivity (Wildman–Crippen MR) is 76.6 cm³/mol. The lowest BCUT2D eigenvalue weighted by Crippen LogP contribution is -2.39. The van der Waals surface area contributed by atoms with Crippen LogP contribution in [0.5, 0.6) is 0 Å². The first kappa shape index (κ1) is 16.4. The summed E-state index contributed by atoms with van der Waals surface area (Å²) in [5.41, 5.74) is -0.289. The van der Waals surface area contributed by atoms with Crippen molar-refractivity contribution in [3.05, 3.63) is 34.1 Å². The molecule has 0 heterocycles. The van der Waals surface area contributed by atoms with Gasteiger partial charge in [-0.05, 0) is 38.5 Å². The predicted octanol–water partition coefficient (Wildman–Crippen LogP) is 3.55. The van der Waals surface area contributed by atoms with Crippen molar-refractivity contribution in [3.63, 3.8) is 0 Å². The van der Waals surface area contributed by atoms with Crippen LogP contribution in [0.2, 0.25) is 0 Å². The molecule has 0 aromatic heterocycles. The Labute approximate surface area is 126 Å². The van der Waals surface area contributed by atoms with Gasteiger partial charge in [-0.25, -0.2) is 9.18 Å². The third-order valence-electron chi connectivity index (χ3n) is 2.29. The molecule has 0 bridgehead atoms. The van der Waals surface area contributed by atoms with Crippen LogP contribution in [0, 0.1) is 17.1 Å². The minimum Gasteiger partial charge on any atom is -0.444 e. The average molecular weight is 343 g/mol. The van der Waals surface area contributed by atoms with E-state index in [1.54, 1.807) is 32.9 Å². The van der Waals surface area contributed by atoms with Crippen molar-refractivity contribution in [3.8, 4) is 6.07 Å². The third kappa shape index (κ3) is 5.57. The van der Waals surface area contributed by atoms with Crippen molar-refractivity contribution < 1.29 is 13.9 Å². The van der Waals surface area contributed by atoms with Crippen molar-refractivity contribution >= 4 is 22.0 Å². The number of hydrogen-bond acceptors (Lipinski definition) is 3. The van der Waals surface area contributed by atoms with Gasteiger partial charge in [0.05, 0.1) is 6.07 Å². The standard InChI is InChI=1S/C14H16BrFN2O2/c1-14(2,3)20-13(19)18-11(8-17)6-9-4-5-10(15)7-12(9)16/h4-5,7,11H,6H2,1-3H3,(H,18,19). The summed E-state index contributed by atoms with van der Waals surface area (Å²) in [5.74, 6) is -0.425. The van der Waals surface area contributed by atoms with E-state index in [0.717, 1.165) is 0 Å². The molecule has 1 N–H and O–H groups in total. The zero-order chi connectivity index (χ0) is 15.3. The van der Waals surface area contributed by atoms with Gasteiger partial charge in [-0.3, -0.25) is 0 Å². The van der Waals surface area contributed by atoms with Crippen molar-refractivity contribution in [1.82, 2.24) is 5.32 Å². The monoisotopic (exact) mass is 342 g/mol. The molecule has 1 rings (SSSR count). The maximum atomic E-state index is 13.7. The lowest BCUT2D eigenvalue weighted by atomic mass is 10.1. The van der Waals surface area contributed by atoms with Crippen molar-refractivity contribution in [2.75, 3.05) is 0 Å². The Morgan fingerprint density at radius 2 is 2.20 bits per heavy atom. The summed E-state index contributed by atoms with van der Waals surface area (Å²) >= 11 is 3.16. The van der Waals surface area contributed by atoms with E-state index < -0.39 is 23.6 Å². The van der Waals surface area contributed by atoms with Crippen LogP contribution in [-0.2, 0) is 11.2 Å². The van der Waals surface area contributed by atoms with Gasteiger partial charge in [-0.1, -0.05) is 22.0 Å².